The van der Waals surface area contributed by atoms with Crippen molar-refractivity contribution >= 4 is 39.6 Å². The fraction of sp³-hybridized carbons (Fsp3) is 0.171. The largest absolute Gasteiger partial charge is 0 e. The smallest absolute Gasteiger partial charge is 0 e. The number of hydrogen-bond acceptors (Lipinski definition) is 3. The van der Waals surface area contributed by atoms with Gasteiger partial charge in [0.15, 0.2) is 0 Å². The molecule has 5 heteroatoms. The molecule has 7 aromatic rings. The Morgan fingerprint density at radius 2 is 1.52 bits per heavy atom. The molecule has 0 N–H and O–H groups in total. The van der Waals surface area contributed by atoms with Crippen molar-refractivity contribution in [2.75, 3.05) is 0 Å². The van der Waals surface area contributed by atoms with Gasteiger partial charge in [-0.2, -0.15) is 0 Å². The van der Waals surface area contributed by atoms with Gasteiger partial charge in [0.05, 0.1) is 5.58 Å². The summed E-state index contributed by atoms with van der Waals surface area (Å²) in [6.07, 6.45) is 2.29. The minimum absolute atomic E-state index is 0. The van der Waals surface area contributed by atoms with Crippen molar-refractivity contribution in [3.05, 3.63) is 139 Å². The van der Waals surface area contributed by atoms with Crippen LogP contribution >= 0.6 is 0 Å². The van der Waals surface area contributed by atoms with Gasteiger partial charge < -0.3 is 9.40 Å². The van der Waals surface area contributed by atoms with Crippen LogP contribution in [0.1, 0.15) is 22.2 Å². The summed E-state index contributed by atoms with van der Waals surface area (Å²) >= 11 is -1.72. The van der Waals surface area contributed by atoms with Crippen molar-refractivity contribution in [1.82, 2.24) is 9.97 Å². The summed E-state index contributed by atoms with van der Waals surface area (Å²) in [6, 6.07) is 42.7. The van der Waals surface area contributed by atoms with Crippen LogP contribution in [0.15, 0.2) is 126 Å². The molecule has 0 saturated heterocycles. The second kappa shape index (κ2) is 14.7. The minimum Gasteiger partial charge on any atom is 0 e. The molecule has 233 valence electrons. The Balaban J connectivity index is 0.000000224. The zero-order valence-electron chi connectivity index (χ0n) is 28.8. The number of pyridine rings is 2. The standard InChI is InChI=1S/C27H22NO.C14H16GeN.Ir/c1-18(2)14-19-12-13-28-25(15-19)22-9-11-27-24(17-22)23-16-21(8-10-26(23)29-27)20-6-4-3-5-7-20;1-15(2,3)13-9-10-14(16-11-13)12-7-5-4-6-8-12;/h3-8,10-13,15-18H,14H2,1-2H3;4-7,9-11H,1-3H3;/q2*-1;/i14D2;;. The normalized spacial score (nSPS) is 12.2. The second-order valence-corrected chi connectivity index (χ2v) is 23.1. The molecule has 46 heavy (non-hydrogen) atoms. The molecule has 4 aromatic carbocycles. The van der Waals surface area contributed by atoms with Crippen molar-refractivity contribution in [2.45, 2.75) is 37.5 Å². The van der Waals surface area contributed by atoms with Crippen LogP contribution in [0.5, 0.6) is 0 Å². The van der Waals surface area contributed by atoms with Crippen LogP contribution in [0, 0.1) is 18.1 Å². The molecule has 1 radical (unpaired) electrons. The predicted octanol–water partition coefficient (Wildman–Crippen LogP) is 10.4. The Labute approximate surface area is 291 Å². The molecular formula is C41H38GeIrN2O-2. The summed E-state index contributed by atoms with van der Waals surface area (Å²) in [5.41, 5.74) is 8.13. The van der Waals surface area contributed by atoms with Gasteiger partial charge in [0.1, 0.15) is 5.58 Å². The number of nitrogens with zero attached hydrogens (tertiary/aromatic N) is 2. The van der Waals surface area contributed by atoms with Gasteiger partial charge in [0.25, 0.3) is 0 Å². The van der Waals surface area contributed by atoms with Gasteiger partial charge in [0.2, 0.25) is 0 Å². The Morgan fingerprint density at radius 1 is 0.739 bits per heavy atom. The number of hydrogen-bond donors (Lipinski definition) is 0. The topological polar surface area (TPSA) is 38.9 Å². The average Bonchev–Trinajstić information content (AvgIpc) is 3.46. The fourth-order valence-corrected chi connectivity index (χ4v) is 7.40. The zero-order valence-corrected chi connectivity index (χ0v) is 31.3. The predicted molar refractivity (Wildman–Crippen MR) is 191 cm³/mol. The maximum Gasteiger partial charge on any atom is 0 e. The fourth-order valence-electron chi connectivity index (χ4n) is 5.23. The van der Waals surface area contributed by atoms with Gasteiger partial charge in [-0.25, -0.2) is 0 Å². The first-order chi connectivity index (χ1) is 22.5. The van der Waals surface area contributed by atoms with Crippen LogP contribution in [0.25, 0.3) is 55.6 Å². The van der Waals surface area contributed by atoms with E-state index in [1.807, 2.05) is 86.8 Å². The van der Waals surface area contributed by atoms with Crippen LogP contribution in [-0.4, -0.2) is 23.2 Å². The van der Waals surface area contributed by atoms with E-state index in [9.17, 15) is 0 Å². The van der Waals surface area contributed by atoms with Gasteiger partial charge in [-0.05, 0) is 47.3 Å². The van der Waals surface area contributed by atoms with E-state index < -0.39 is 19.6 Å². The Kier molecular flexibility index (Phi) is 9.86. The molecule has 3 nitrogen and oxygen atoms in total. The molecule has 0 aliphatic rings. The number of benzene rings is 4. The number of fused-ring (bicyclic) bond motifs is 3. The Bertz CT molecular complexity index is 2120. The van der Waals surface area contributed by atoms with E-state index in [0.29, 0.717) is 11.3 Å². The number of aromatic nitrogens is 2. The molecule has 0 aliphatic heterocycles. The van der Waals surface area contributed by atoms with E-state index in [-0.39, 0.29) is 26.0 Å². The molecule has 0 saturated carbocycles. The zero-order chi connectivity index (χ0) is 33.2. The maximum absolute atomic E-state index is 8.41. The monoisotopic (exact) mass is 843 g/mol. The molecule has 0 amide bonds. The maximum atomic E-state index is 8.41. The molecule has 0 bridgehead atoms. The van der Waals surface area contributed by atoms with Crippen molar-refractivity contribution in [3.8, 4) is 33.6 Å². The van der Waals surface area contributed by atoms with Crippen LogP contribution < -0.4 is 4.40 Å². The molecule has 0 unspecified atom stereocenters. The molecule has 7 rings (SSSR count). The summed E-state index contributed by atoms with van der Waals surface area (Å²) in [5, 5.41) is 2.04. The summed E-state index contributed by atoms with van der Waals surface area (Å²) in [7, 11) is 0. The first kappa shape index (κ1) is 30.8. The van der Waals surface area contributed by atoms with Crippen LogP contribution in [0.4, 0.5) is 0 Å². The van der Waals surface area contributed by atoms with Crippen LogP contribution in [0.3, 0.4) is 0 Å². The number of furan rings is 1. The minimum atomic E-state index is -1.72. The second-order valence-electron chi connectivity index (χ2n) is 12.5. The van der Waals surface area contributed by atoms with Gasteiger partial charge in [-0.15, -0.1) is 23.8 Å². The molecule has 3 aromatic heterocycles. The number of rotatable bonds is 6. The first-order valence-electron chi connectivity index (χ1n) is 16.3. The van der Waals surface area contributed by atoms with Crippen molar-refractivity contribution in [3.63, 3.8) is 0 Å². The van der Waals surface area contributed by atoms with E-state index >= 15 is 0 Å². The van der Waals surface area contributed by atoms with Gasteiger partial charge >= 0.3 is 99.8 Å². The van der Waals surface area contributed by atoms with Gasteiger partial charge in [-0.1, -0.05) is 67.3 Å². The summed E-state index contributed by atoms with van der Waals surface area (Å²) < 4.78 is 24.3. The van der Waals surface area contributed by atoms with Crippen LogP contribution in [-0.2, 0) is 26.5 Å². The quantitative estimate of drug-likeness (QED) is 0.124. The third-order valence-electron chi connectivity index (χ3n) is 7.62. The molecule has 0 spiro atoms. The molecular weight excluding hydrogens is 801 g/mol. The van der Waals surface area contributed by atoms with Crippen LogP contribution in [0.2, 0.25) is 17.3 Å². The van der Waals surface area contributed by atoms with Gasteiger partial charge in [0, 0.05) is 34.4 Å². The third kappa shape index (κ3) is 7.93. The molecule has 0 aliphatic carbocycles. The summed E-state index contributed by atoms with van der Waals surface area (Å²) in [5.74, 6) is 7.01. The molecule has 0 fully saturated rings. The van der Waals surface area contributed by atoms with Crippen molar-refractivity contribution in [2.24, 2.45) is 5.92 Å². The Morgan fingerprint density at radius 3 is 2.22 bits per heavy atom. The average molecular weight is 842 g/mol. The SMILES string of the molecule is [2H]C([2H])(c1ccnc(-c2[c-]cc3oc4ccc(-c5ccccc5)cc4c3c2)c1)C(C)C.[CH3][Ge]([CH3])([CH3])[c]1ccc(-c2[c-]cccc2)nc1.[Ir]. The van der Waals surface area contributed by atoms with Crippen molar-refractivity contribution in [1.29, 1.82) is 0 Å². The van der Waals surface area contributed by atoms with E-state index in [4.69, 9.17) is 7.16 Å². The van der Waals surface area contributed by atoms with E-state index in [1.54, 1.807) is 12.3 Å². The van der Waals surface area contributed by atoms with E-state index in [0.717, 1.165) is 49.9 Å². The summed E-state index contributed by atoms with van der Waals surface area (Å²) in [6.45, 7) is 3.78. The molecule has 0 atom stereocenters. The molecule has 3 heterocycles. The first-order valence-corrected chi connectivity index (χ1v) is 22.7. The third-order valence-corrected chi connectivity index (χ3v) is 11.9. The summed E-state index contributed by atoms with van der Waals surface area (Å²) in [4.78, 5) is 9.02. The van der Waals surface area contributed by atoms with Crippen molar-refractivity contribution < 1.29 is 27.3 Å². The van der Waals surface area contributed by atoms with Gasteiger partial charge in [-0.3, -0.25) is 0 Å². The van der Waals surface area contributed by atoms with E-state index in [2.05, 4.69) is 75.8 Å². The van der Waals surface area contributed by atoms with E-state index in [1.165, 1.54) is 4.40 Å². The Hall–Kier alpha value is -3.83.